The smallest absolute Gasteiger partial charge is 0.178 e. The Labute approximate surface area is 85.3 Å². The standard InChI is InChI=1S/C8H12F2N4O/c1-4(15)3-12-7-5(9)2-6(10)8(13-7)14-11/h2,4,15H,3,11H2,1H3,(H2,12,13,14). The van der Waals surface area contributed by atoms with E-state index in [9.17, 15) is 8.78 Å². The maximum absolute atomic E-state index is 13.1. The number of hydrogen-bond donors (Lipinski definition) is 4. The molecule has 0 aliphatic carbocycles. The van der Waals surface area contributed by atoms with Crippen LogP contribution in [0.2, 0.25) is 0 Å². The van der Waals surface area contributed by atoms with E-state index >= 15 is 0 Å². The van der Waals surface area contributed by atoms with Crippen LogP contribution in [0, 0.1) is 11.6 Å². The van der Waals surface area contributed by atoms with Gasteiger partial charge in [0.1, 0.15) is 0 Å². The van der Waals surface area contributed by atoms with Crippen LogP contribution in [0.1, 0.15) is 6.92 Å². The lowest BCUT2D eigenvalue weighted by atomic mass is 10.3. The van der Waals surface area contributed by atoms with Gasteiger partial charge in [0.25, 0.3) is 0 Å². The number of aliphatic hydroxyl groups is 1. The van der Waals surface area contributed by atoms with Crippen molar-refractivity contribution in [2.45, 2.75) is 13.0 Å². The summed E-state index contributed by atoms with van der Waals surface area (Å²) in [5.41, 5.74) is 2.00. The summed E-state index contributed by atoms with van der Waals surface area (Å²) in [6.07, 6.45) is -0.662. The van der Waals surface area contributed by atoms with Crippen LogP contribution in [0.3, 0.4) is 0 Å². The first-order valence-electron chi connectivity index (χ1n) is 4.29. The monoisotopic (exact) mass is 218 g/mol. The molecule has 0 amide bonds. The Kier molecular flexibility index (Phi) is 3.75. The molecule has 1 unspecified atom stereocenters. The molecule has 15 heavy (non-hydrogen) atoms. The van der Waals surface area contributed by atoms with Gasteiger partial charge in [-0.05, 0) is 6.92 Å². The van der Waals surface area contributed by atoms with Crippen LogP contribution < -0.4 is 16.6 Å². The third-order valence-corrected chi connectivity index (χ3v) is 1.63. The van der Waals surface area contributed by atoms with E-state index in [1.807, 2.05) is 5.43 Å². The highest BCUT2D eigenvalue weighted by Gasteiger charge is 2.11. The molecule has 1 aromatic rings. The fourth-order valence-electron chi connectivity index (χ4n) is 0.936. The first-order chi connectivity index (χ1) is 7.04. The zero-order valence-corrected chi connectivity index (χ0v) is 8.09. The number of hydrogen-bond acceptors (Lipinski definition) is 5. The number of hydrazine groups is 1. The molecule has 84 valence electrons. The van der Waals surface area contributed by atoms with E-state index in [1.54, 1.807) is 0 Å². The van der Waals surface area contributed by atoms with Crippen molar-refractivity contribution in [1.82, 2.24) is 4.98 Å². The lowest BCUT2D eigenvalue weighted by molar-refractivity contribution is 0.208. The average molecular weight is 218 g/mol. The summed E-state index contributed by atoms with van der Waals surface area (Å²) in [4.78, 5) is 3.55. The molecule has 0 saturated heterocycles. The number of nitrogen functional groups attached to an aromatic ring is 1. The van der Waals surface area contributed by atoms with Crippen LogP contribution >= 0.6 is 0 Å². The Hall–Kier alpha value is -1.47. The molecule has 0 aromatic carbocycles. The second-order valence-corrected chi connectivity index (χ2v) is 3.02. The minimum Gasteiger partial charge on any atom is -0.392 e. The van der Waals surface area contributed by atoms with E-state index in [0.29, 0.717) is 6.07 Å². The third kappa shape index (κ3) is 3.00. The van der Waals surface area contributed by atoms with Gasteiger partial charge in [0.15, 0.2) is 23.3 Å². The molecule has 0 saturated carbocycles. The second kappa shape index (κ2) is 4.85. The molecule has 5 nitrogen and oxygen atoms in total. The average Bonchev–Trinajstić information content (AvgIpc) is 2.16. The summed E-state index contributed by atoms with van der Waals surface area (Å²) >= 11 is 0. The number of pyridine rings is 1. The number of aromatic nitrogens is 1. The van der Waals surface area contributed by atoms with Crippen molar-refractivity contribution in [3.63, 3.8) is 0 Å². The zero-order chi connectivity index (χ0) is 11.4. The van der Waals surface area contributed by atoms with E-state index in [2.05, 4.69) is 10.3 Å². The maximum Gasteiger partial charge on any atom is 0.178 e. The lowest BCUT2D eigenvalue weighted by Crippen LogP contribution is -2.18. The van der Waals surface area contributed by atoms with Gasteiger partial charge < -0.3 is 15.8 Å². The largest absolute Gasteiger partial charge is 0.392 e. The molecule has 7 heteroatoms. The van der Waals surface area contributed by atoms with Crippen molar-refractivity contribution in [2.24, 2.45) is 5.84 Å². The van der Waals surface area contributed by atoms with Gasteiger partial charge in [-0.3, -0.25) is 0 Å². The van der Waals surface area contributed by atoms with Gasteiger partial charge in [0.05, 0.1) is 6.10 Å². The fraction of sp³-hybridized carbons (Fsp3) is 0.375. The summed E-state index contributed by atoms with van der Waals surface area (Å²) in [6.45, 7) is 1.64. The Balaban J connectivity index is 2.87. The molecule has 5 N–H and O–H groups in total. The second-order valence-electron chi connectivity index (χ2n) is 3.02. The predicted molar refractivity (Wildman–Crippen MR) is 52.1 cm³/mol. The first kappa shape index (κ1) is 11.6. The number of halogens is 2. The number of nitrogens with two attached hydrogens (primary N) is 1. The number of aliphatic hydroxyl groups excluding tert-OH is 1. The molecule has 0 aliphatic rings. The van der Waals surface area contributed by atoms with Crippen LogP contribution in [0.5, 0.6) is 0 Å². The maximum atomic E-state index is 13.1. The zero-order valence-electron chi connectivity index (χ0n) is 8.09. The van der Waals surface area contributed by atoms with Gasteiger partial charge in [-0.2, -0.15) is 0 Å². The first-order valence-corrected chi connectivity index (χ1v) is 4.29. The fourth-order valence-corrected chi connectivity index (χ4v) is 0.936. The van der Waals surface area contributed by atoms with Crippen LogP contribution in [0.4, 0.5) is 20.4 Å². The summed E-state index contributed by atoms with van der Waals surface area (Å²) < 4.78 is 26.0. The van der Waals surface area contributed by atoms with Crippen LogP contribution in [-0.2, 0) is 0 Å². The highest BCUT2D eigenvalue weighted by Crippen LogP contribution is 2.17. The van der Waals surface area contributed by atoms with Crippen LogP contribution in [-0.4, -0.2) is 22.7 Å². The summed E-state index contributed by atoms with van der Waals surface area (Å²) in [6, 6.07) is 0.659. The number of nitrogens with zero attached hydrogens (tertiary/aromatic N) is 1. The van der Waals surface area contributed by atoms with Crippen LogP contribution in [0.25, 0.3) is 0 Å². The predicted octanol–water partition coefficient (Wildman–Crippen LogP) is 0.438. The van der Waals surface area contributed by atoms with E-state index < -0.39 is 17.7 Å². The molecule has 0 fully saturated rings. The van der Waals surface area contributed by atoms with E-state index in [-0.39, 0.29) is 18.2 Å². The van der Waals surface area contributed by atoms with Crippen molar-refractivity contribution >= 4 is 11.6 Å². The third-order valence-electron chi connectivity index (χ3n) is 1.63. The molecular formula is C8H12F2N4O. The topological polar surface area (TPSA) is 83.2 Å². The van der Waals surface area contributed by atoms with Gasteiger partial charge in [0.2, 0.25) is 0 Å². The number of nitrogens with one attached hydrogen (secondary N) is 2. The SMILES string of the molecule is CC(O)CNc1nc(NN)c(F)cc1F. The van der Waals surface area contributed by atoms with Crippen molar-refractivity contribution in [3.8, 4) is 0 Å². The number of rotatable bonds is 4. The summed E-state index contributed by atoms with van der Waals surface area (Å²) in [5.74, 6) is 2.83. The van der Waals surface area contributed by atoms with Crippen molar-refractivity contribution in [2.75, 3.05) is 17.3 Å². The Morgan fingerprint density at radius 1 is 1.47 bits per heavy atom. The minimum absolute atomic E-state index is 0.111. The molecule has 1 rings (SSSR count). The number of anilines is 2. The Morgan fingerprint density at radius 2 is 2.07 bits per heavy atom. The quantitative estimate of drug-likeness (QED) is 0.435. The van der Waals surface area contributed by atoms with Gasteiger partial charge in [-0.25, -0.2) is 19.6 Å². The van der Waals surface area contributed by atoms with Gasteiger partial charge >= 0.3 is 0 Å². The van der Waals surface area contributed by atoms with Crippen LogP contribution in [0.15, 0.2) is 6.07 Å². The molecule has 0 bridgehead atoms. The molecule has 0 radical (unpaired) electrons. The van der Waals surface area contributed by atoms with Crippen molar-refractivity contribution in [3.05, 3.63) is 17.7 Å². The Bertz CT molecular complexity index is 346. The molecule has 1 atom stereocenters. The van der Waals surface area contributed by atoms with E-state index in [0.717, 1.165) is 0 Å². The van der Waals surface area contributed by atoms with Crippen molar-refractivity contribution in [1.29, 1.82) is 0 Å². The van der Waals surface area contributed by atoms with E-state index in [4.69, 9.17) is 10.9 Å². The highest BCUT2D eigenvalue weighted by molar-refractivity contribution is 5.46. The molecular weight excluding hydrogens is 206 g/mol. The van der Waals surface area contributed by atoms with Gasteiger partial charge in [-0.15, -0.1) is 0 Å². The molecule has 1 heterocycles. The van der Waals surface area contributed by atoms with Gasteiger partial charge in [-0.1, -0.05) is 0 Å². The summed E-state index contributed by atoms with van der Waals surface area (Å²) in [5, 5.41) is 11.5. The van der Waals surface area contributed by atoms with E-state index in [1.165, 1.54) is 6.92 Å². The molecule has 0 spiro atoms. The normalized spacial score (nSPS) is 12.3. The summed E-state index contributed by atoms with van der Waals surface area (Å²) in [7, 11) is 0. The van der Waals surface area contributed by atoms with Crippen molar-refractivity contribution < 1.29 is 13.9 Å². The lowest BCUT2D eigenvalue weighted by Gasteiger charge is -2.10. The van der Waals surface area contributed by atoms with Gasteiger partial charge in [0, 0.05) is 12.6 Å². The molecule has 0 aliphatic heterocycles. The Morgan fingerprint density at radius 3 is 2.60 bits per heavy atom. The highest BCUT2D eigenvalue weighted by atomic mass is 19.1. The molecule has 1 aromatic heterocycles. The minimum atomic E-state index is -0.877.